The first kappa shape index (κ1) is 16.8. The zero-order valence-corrected chi connectivity index (χ0v) is 11.2. The second-order valence-corrected chi connectivity index (χ2v) is 4.49. The lowest BCUT2D eigenvalue weighted by molar-refractivity contribution is -0.137. The van der Waals surface area contributed by atoms with Crippen LogP contribution in [-0.4, -0.2) is 36.9 Å². The predicted octanol–water partition coefficient (Wildman–Crippen LogP) is 0.643. The number of hydrogen-bond acceptors (Lipinski definition) is 4. The van der Waals surface area contributed by atoms with E-state index in [9.17, 15) is 22.8 Å². The van der Waals surface area contributed by atoms with Gasteiger partial charge in [-0.3, -0.25) is 14.5 Å². The maximum Gasteiger partial charge on any atom is 0.418 e. The molecule has 1 aromatic rings. The minimum absolute atomic E-state index is 0.0333. The maximum absolute atomic E-state index is 12.7. The summed E-state index contributed by atoms with van der Waals surface area (Å²) >= 11 is 0. The number of rotatable bonds is 5. The number of carbonyl (C=O) groups excluding carboxylic acids is 2. The molecule has 0 heterocycles. The van der Waals surface area contributed by atoms with Crippen LogP contribution in [0, 0.1) is 0 Å². The number of nitrogens with two attached hydrogens (primary N) is 2. The number of alkyl halides is 3. The van der Waals surface area contributed by atoms with E-state index in [4.69, 9.17) is 11.5 Å². The van der Waals surface area contributed by atoms with Crippen LogP contribution in [0.4, 0.5) is 24.5 Å². The van der Waals surface area contributed by atoms with E-state index < -0.39 is 29.2 Å². The molecule has 1 aromatic carbocycles. The molecular weight excluding hydrogens is 289 g/mol. The highest BCUT2D eigenvalue weighted by atomic mass is 19.4. The van der Waals surface area contributed by atoms with Crippen LogP contribution in [0.2, 0.25) is 0 Å². The zero-order chi connectivity index (χ0) is 16.2. The number of primary amides is 1. The van der Waals surface area contributed by atoms with Crippen LogP contribution in [0.25, 0.3) is 0 Å². The molecule has 5 N–H and O–H groups in total. The first-order chi connectivity index (χ1) is 9.59. The molecule has 0 aliphatic rings. The summed E-state index contributed by atoms with van der Waals surface area (Å²) in [7, 11) is 1.48. The Morgan fingerprint density at radius 3 is 2.43 bits per heavy atom. The van der Waals surface area contributed by atoms with Gasteiger partial charge in [-0.15, -0.1) is 0 Å². The van der Waals surface area contributed by atoms with Crippen molar-refractivity contribution in [2.24, 2.45) is 5.73 Å². The van der Waals surface area contributed by atoms with E-state index in [1.807, 2.05) is 0 Å². The van der Waals surface area contributed by atoms with E-state index in [0.717, 1.165) is 12.1 Å². The number of nitrogen functional groups attached to an aromatic ring is 1. The average Bonchev–Trinajstić information content (AvgIpc) is 2.28. The first-order valence-electron chi connectivity index (χ1n) is 5.83. The Morgan fingerprint density at radius 2 is 1.90 bits per heavy atom. The highest BCUT2D eigenvalue weighted by Gasteiger charge is 2.33. The van der Waals surface area contributed by atoms with Crippen molar-refractivity contribution in [3.05, 3.63) is 23.8 Å². The first-order valence-corrected chi connectivity index (χ1v) is 5.83. The van der Waals surface area contributed by atoms with Gasteiger partial charge in [-0.05, 0) is 25.2 Å². The fraction of sp³-hybridized carbons (Fsp3) is 0.333. The number of likely N-dealkylation sites (N-methyl/N-ethyl adjacent to an activating group) is 1. The Hall–Kier alpha value is -2.29. The summed E-state index contributed by atoms with van der Waals surface area (Å²) in [5.41, 5.74) is 8.72. The molecule has 21 heavy (non-hydrogen) atoms. The van der Waals surface area contributed by atoms with Crippen LogP contribution in [-0.2, 0) is 15.8 Å². The van der Waals surface area contributed by atoms with E-state index in [0.29, 0.717) is 0 Å². The largest absolute Gasteiger partial charge is 0.418 e. The molecule has 0 aliphatic carbocycles. The van der Waals surface area contributed by atoms with Crippen LogP contribution >= 0.6 is 0 Å². The number of hydrogen-bond donors (Lipinski definition) is 3. The molecule has 0 radical (unpaired) electrons. The molecule has 0 saturated carbocycles. The number of nitrogens with one attached hydrogen (secondary N) is 1. The van der Waals surface area contributed by atoms with Crippen molar-refractivity contribution >= 4 is 23.2 Å². The van der Waals surface area contributed by atoms with E-state index in [2.05, 4.69) is 5.32 Å². The molecule has 2 amide bonds. The smallest absolute Gasteiger partial charge is 0.398 e. The van der Waals surface area contributed by atoms with Gasteiger partial charge in [0.25, 0.3) is 0 Å². The minimum atomic E-state index is -4.60. The molecule has 9 heteroatoms. The summed E-state index contributed by atoms with van der Waals surface area (Å²) in [6.07, 6.45) is -4.60. The van der Waals surface area contributed by atoms with Gasteiger partial charge in [0.15, 0.2) is 0 Å². The summed E-state index contributed by atoms with van der Waals surface area (Å²) in [5, 5.41) is 2.30. The average molecular weight is 304 g/mol. The van der Waals surface area contributed by atoms with Gasteiger partial charge in [-0.25, -0.2) is 0 Å². The third kappa shape index (κ3) is 5.30. The fourth-order valence-corrected chi connectivity index (χ4v) is 1.65. The third-order valence-electron chi connectivity index (χ3n) is 2.48. The van der Waals surface area contributed by atoms with Crippen molar-refractivity contribution in [2.75, 3.05) is 31.2 Å². The van der Waals surface area contributed by atoms with Gasteiger partial charge in [0.2, 0.25) is 11.8 Å². The number of nitrogens with zero attached hydrogens (tertiary/aromatic N) is 1. The molecule has 1 rings (SSSR count). The van der Waals surface area contributed by atoms with Gasteiger partial charge in [0.1, 0.15) is 0 Å². The van der Waals surface area contributed by atoms with Crippen LogP contribution in [0.5, 0.6) is 0 Å². The molecule has 0 spiro atoms. The van der Waals surface area contributed by atoms with E-state index >= 15 is 0 Å². The topological polar surface area (TPSA) is 101 Å². The minimum Gasteiger partial charge on any atom is -0.398 e. The lowest BCUT2D eigenvalue weighted by atomic mass is 10.1. The van der Waals surface area contributed by atoms with Gasteiger partial charge in [0, 0.05) is 11.4 Å². The Labute approximate surface area is 118 Å². The number of amides is 2. The van der Waals surface area contributed by atoms with Crippen molar-refractivity contribution < 1.29 is 22.8 Å². The number of anilines is 2. The molecule has 116 valence electrons. The summed E-state index contributed by atoms with van der Waals surface area (Å²) in [4.78, 5) is 23.6. The molecule has 0 aliphatic heterocycles. The zero-order valence-electron chi connectivity index (χ0n) is 11.2. The standard InChI is InChI=1S/C12H15F3N4O2/c1-19(5-10(17)20)6-11(21)18-7-2-3-9(16)8(4-7)12(13,14)15/h2-4H,5-6,16H2,1H3,(H2,17,20)(H,18,21). The van der Waals surface area contributed by atoms with Crippen LogP contribution in [0.1, 0.15) is 5.56 Å². The van der Waals surface area contributed by atoms with Crippen molar-refractivity contribution in [1.29, 1.82) is 0 Å². The van der Waals surface area contributed by atoms with Crippen molar-refractivity contribution in [3.63, 3.8) is 0 Å². The van der Waals surface area contributed by atoms with Crippen LogP contribution < -0.4 is 16.8 Å². The van der Waals surface area contributed by atoms with Crippen LogP contribution in [0.3, 0.4) is 0 Å². The van der Waals surface area contributed by atoms with Gasteiger partial charge < -0.3 is 16.8 Å². The molecule has 0 fully saturated rings. The van der Waals surface area contributed by atoms with Crippen molar-refractivity contribution in [3.8, 4) is 0 Å². The van der Waals surface area contributed by atoms with E-state index in [1.165, 1.54) is 18.0 Å². The summed E-state index contributed by atoms with van der Waals surface area (Å²) < 4.78 is 38.0. The molecule has 0 aromatic heterocycles. The molecule has 6 nitrogen and oxygen atoms in total. The Balaban J connectivity index is 2.75. The fourth-order valence-electron chi connectivity index (χ4n) is 1.65. The Kier molecular flexibility index (Phi) is 5.14. The van der Waals surface area contributed by atoms with Gasteiger partial charge in [-0.1, -0.05) is 0 Å². The normalized spacial score (nSPS) is 11.5. The molecular formula is C12H15F3N4O2. The summed E-state index contributed by atoms with van der Waals surface area (Å²) in [6, 6.07) is 3.07. The summed E-state index contributed by atoms with van der Waals surface area (Å²) in [5.74, 6) is -1.19. The quantitative estimate of drug-likeness (QED) is 0.695. The van der Waals surface area contributed by atoms with Crippen LogP contribution in [0.15, 0.2) is 18.2 Å². The van der Waals surface area contributed by atoms with Gasteiger partial charge >= 0.3 is 6.18 Å². The van der Waals surface area contributed by atoms with Gasteiger partial charge in [-0.2, -0.15) is 13.2 Å². The highest BCUT2D eigenvalue weighted by Crippen LogP contribution is 2.35. The lowest BCUT2D eigenvalue weighted by Gasteiger charge is -2.15. The van der Waals surface area contributed by atoms with Gasteiger partial charge in [0.05, 0.1) is 18.7 Å². The molecule has 0 saturated heterocycles. The van der Waals surface area contributed by atoms with Crippen molar-refractivity contribution in [1.82, 2.24) is 4.90 Å². The summed E-state index contributed by atoms with van der Waals surface area (Å²) in [6.45, 7) is -0.322. The SMILES string of the molecule is CN(CC(N)=O)CC(=O)Nc1ccc(N)c(C(F)(F)F)c1. The maximum atomic E-state index is 12.7. The van der Waals surface area contributed by atoms with Crippen molar-refractivity contribution in [2.45, 2.75) is 6.18 Å². The molecule has 0 atom stereocenters. The predicted molar refractivity (Wildman–Crippen MR) is 71.2 cm³/mol. The second-order valence-electron chi connectivity index (χ2n) is 4.49. The third-order valence-corrected chi connectivity index (χ3v) is 2.48. The lowest BCUT2D eigenvalue weighted by Crippen LogP contribution is -2.36. The molecule has 0 bridgehead atoms. The number of benzene rings is 1. The Morgan fingerprint density at radius 1 is 1.29 bits per heavy atom. The van der Waals surface area contributed by atoms with E-state index in [1.54, 1.807) is 0 Å². The van der Waals surface area contributed by atoms with E-state index in [-0.39, 0.29) is 18.8 Å². The monoisotopic (exact) mass is 304 g/mol. The molecule has 0 unspecified atom stereocenters. The second kappa shape index (κ2) is 6.44. The number of carbonyl (C=O) groups is 2. The number of halogens is 3. The Bertz CT molecular complexity index is 546. The highest BCUT2D eigenvalue weighted by molar-refractivity contribution is 5.93.